The van der Waals surface area contributed by atoms with Gasteiger partial charge < -0.3 is 9.84 Å². The van der Waals surface area contributed by atoms with Crippen LogP contribution in [0.1, 0.15) is 36.6 Å². The van der Waals surface area contributed by atoms with E-state index in [4.69, 9.17) is 27.9 Å². The van der Waals surface area contributed by atoms with Gasteiger partial charge in [-0.05, 0) is 80.4 Å². The molecule has 3 aromatic carbocycles. The molecule has 0 radical (unpaired) electrons. The number of aliphatic hydroxyl groups excluding tert-OH is 1. The molecule has 1 unspecified atom stereocenters. The summed E-state index contributed by atoms with van der Waals surface area (Å²) in [6.07, 6.45) is -0.00578. The van der Waals surface area contributed by atoms with Gasteiger partial charge in [-0.1, -0.05) is 41.4 Å². The molecule has 1 N–H and O–H groups in total. The van der Waals surface area contributed by atoms with Crippen molar-refractivity contribution in [3.8, 4) is 5.75 Å². The first-order valence-corrected chi connectivity index (χ1v) is 11.5. The predicted molar refractivity (Wildman–Crippen MR) is 135 cm³/mol. The van der Waals surface area contributed by atoms with Crippen LogP contribution >= 0.6 is 23.2 Å². The summed E-state index contributed by atoms with van der Waals surface area (Å²) in [6.45, 7) is 5.73. The van der Waals surface area contributed by atoms with Crippen molar-refractivity contribution in [1.29, 1.82) is 0 Å². The fourth-order valence-corrected chi connectivity index (χ4v) is 4.30. The number of amides is 1. The number of anilines is 1. The number of hydrogen-bond donors (Lipinski definition) is 1. The summed E-state index contributed by atoms with van der Waals surface area (Å²) in [4.78, 5) is 27.9. The predicted octanol–water partition coefficient (Wildman–Crippen LogP) is 6.72. The van der Waals surface area contributed by atoms with Crippen molar-refractivity contribution in [1.82, 2.24) is 0 Å². The molecule has 0 aliphatic carbocycles. The Labute approximate surface area is 208 Å². The van der Waals surface area contributed by atoms with E-state index in [0.717, 1.165) is 5.56 Å². The van der Waals surface area contributed by atoms with Crippen molar-refractivity contribution in [2.24, 2.45) is 0 Å². The van der Waals surface area contributed by atoms with Crippen LogP contribution in [-0.2, 0) is 9.59 Å². The number of ketones is 1. The van der Waals surface area contributed by atoms with Gasteiger partial charge in [-0.2, -0.15) is 0 Å². The van der Waals surface area contributed by atoms with E-state index in [-0.39, 0.29) is 22.5 Å². The van der Waals surface area contributed by atoms with Crippen molar-refractivity contribution >= 4 is 46.3 Å². The van der Waals surface area contributed by atoms with Crippen LogP contribution in [0, 0.1) is 6.92 Å². The first-order chi connectivity index (χ1) is 16.2. The van der Waals surface area contributed by atoms with Crippen molar-refractivity contribution in [3.63, 3.8) is 0 Å². The fourth-order valence-electron chi connectivity index (χ4n) is 3.99. The number of benzene rings is 3. The lowest BCUT2D eigenvalue weighted by Gasteiger charge is -2.26. The van der Waals surface area contributed by atoms with Gasteiger partial charge in [0.05, 0.1) is 27.8 Å². The summed E-state index contributed by atoms with van der Waals surface area (Å²) in [7, 11) is 0. The Kier molecular flexibility index (Phi) is 6.69. The van der Waals surface area contributed by atoms with E-state index in [1.165, 1.54) is 4.90 Å². The second-order valence-corrected chi connectivity index (χ2v) is 9.19. The first-order valence-electron chi connectivity index (χ1n) is 10.8. The van der Waals surface area contributed by atoms with Crippen LogP contribution in [-0.4, -0.2) is 22.9 Å². The number of aliphatic hydroxyl groups is 1. The molecule has 1 amide bonds. The third-order valence-corrected chi connectivity index (χ3v) is 6.22. The molecule has 1 atom stereocenters. The molecule has 0 spiro atoms. The highest BCUT2D eigenvalue weighted by Gasteiger charge is 2.47. The molecule has 1 fully saturated rings. The number of carbonyl (C=O) groups is 2. The Balaban J connectivity index is 1.89. The highest BCUT2D eigenvalue weighted by atomic mass is 35.5. The van der Waals surface area contributed by atoms with E-state index in [1.807, 2.05) is 39.0 Å². The summed E-state index contributed by atoms with van der Waals surface area (Å²) in [5, 5.41) is 11.9. The maximum absolute atomic E-state index is 13.2. The lowest BCUT2D eigenvalue weighted by Crippen LogP contribution is -2.29. The van der Waals surface area contributed by atoms with Crippen molar-refractivity contribution in [2.45, 2.75) is 32.9 Å². The second-order valence-electron chi connectivity index (χ2n) is 8.37. The van der Waals surface area contributed by atoms with Crippen LogP contribution in [0.2, 0.25) is 10.0 Å². The zero-order chi connectivity index (χ0) is 24.6. The van der Waals surface area contributed by atoms with Gasteiger partial charge in [-0.15, -0.1) is 0 Å². The van der Waals surface area contributed by atoms with Gasteiger partial charge in [-0.3, -0.25) is 14.5 Å². The number of rotatable bonds is 5. The fraction of sp³-hybridized carbons (Fsp3) is 0.185. The molecular formula is C27H23Cl2NO4. The number of aryl methyl sites for hydroxylation is 1. The van der Waals surface area contributed by atoms with E-state index in [2.05, 4.69) is 0 Å². The highest BCUT2D eigenvalue weighted by molar-refractivity contribution is 6.51. The molecule has 174 valence electrons. The molecule has 34 heavy (non-hydrogen) atoms. The maximum Gasteiger partial charge on any atom is 0.300 e. The maximum atomic E-state index is 13.2. The highest BCUT2D eigenvalue weighted by Crippen LogP contribution is 2.43. The van der Waals surface area contributed by atoms with Gasteiger partial charge in [0, 0.05) is 11.3 Å². The van der Waals surface area contributed by atoms with Gasteiger partial charge >= 0.3 is 0 Å². The average molecular weight is 496 g/mol. The first kappa shape index (κ1) is 23.9. The number of halogens is 2. The minimum absolute atomic E-state index is 0.00578. The minimum atomic E-state index is -0.886. The van der Waals surface area contributed by atoms with E-state index in [0.29, 0.717) is 27.6 Å². The normalized spacial score (nSPS) is 17.5. The second kappa shape index (κ2) is 9.53. The third-order valence-electron chi connectivity index (χ3n) is 5.48. The summed E-state index contributed by atoms with van der Waals surface area (Å²) >= 11 is 12.4. The monoisotopic (exact) mass is 495 g/mol. The Morgan fingerprint density at radius 3 is 2.29 bits per heavy atom. The summed E-state index contributed by atoms with van der Waals surface area (Å²) in [5.74, 6) is -1.16. The number of ether oxygens (including phenoxy) is 1. The zero-order valence-corrected chi connectivity index (χ0v) is 20.4. The Morgan fingerprint density at radius 2 is 1.68 bits per heavy atom. The van der Waals surface area contributed by atoms with E-state index in [9.17, 15) is 14.7 Å². The van der Waals surface area contributed by atoms with Crippen molar-refractivity contribution < 1.29 is 19.4 Å². The lowest BCUT2D eigenvalue weighted by atomic mass is 9.95. The van der Waals surface area contributed by atoms with E-state index >= 15 is 0 Å². The van der Waals surface area contributed by atoms with Crippen LogP contribution in [0.4, 0.5) is 5.69 Å². The Hall–Kier alpha value is -3.28. The van der Waals surface area contributed by atoms with Gasteiger partial charge in [0.15, 0.2) is 0 Å². The summed E-state index contributed by atoms with van der Waals surface area (Å²) in [6, 6.07) is 18.0. The molecule has 1 aliphatic rings. The number of hydrogen-bond acceptors (Lipinski definition) is 4. The Bertz CT molecular complexity index is 1300. The summed E-state index contributed by atoms with van der Waals surface area (Å²) in [5.41, 5.74) is 2.38. The van der Waals surface area contributed by atoms with Gasteiger partial charge in [-0.25, -0.2) is 0 Å². The SMILES string of the molecule is Cc1cccc(N2C(=O)C(=O)/C(=C(\O)c3ccc(OC(C)C)cc3)C2c2ccc(Cl)c(Cl)c2)c1. The standard InChI is InChI=1S/C27H23Cl2NO4/c1-15(2)34-20-10-7-17(8-11-20)25(31)23-24(18-9-12-21(28)22(29)14-18)30(27(33)26(23)32)19-6-4-5-16(3)13-19/h4-15,24,31H,1-3H3/b25-23-. The number of Topliss-reactive ketones (excluding diaryl/α,β-unsaturated/α-hetero) is 1. The number of nitrogens with zero attached hydrogens (tertiary/aromatic N) is 1. The number of carbonyl (C=O) groups excluding carboxylic acids is 2. The molecule has 7 heteroatoms. The zero-order valence-electron chi connectivity index (χ0n) is 18.9. The van der Waals surface area contributed by atoms with Crippen molar-refractivity contribution in [2.75, 3.05) is 4.90 Å². The smallest absolute Gasteiger partial charge is 0.300 e. The van der Waals surface area contributed by atoms with Crippen LogP contribution in [0.5, 0.6) is 5.75 Å². The molecule has 5 nitrogen and oxygen atoms in total. The van der Waals surface area contributed by atoms with Crippen LogP contribution in [0.25, 0.3) is 5.76 Å². The molecule has 0 aromatic heterocycles. The lowest BCUT2D eigenvalue weighted by molar-refractivity contribution is -0.132. The molecule has 4 rings (SSSR count). The van der Waals surface area contributed by atoms with Gasteiger partial charge in [0.25, 0.3) is 11.7 Å². The molecule has 3 aromatic rings. The quantitative estimate of drug-likeness (QED) is 0.242. The van der Waals surface area contributed by atoms with E-state index < -0.39 is 17.7 Å². The average Bonchev–Trinajstić information content (AvgIpc) is 3.06. The molecule has 1 heterocycles. The summed E-state index contributed by atoms with van der Waals surface area (Å²) < 4.78 is 5.66. The molecule has 0 bridgehead atoms. The van der Waals surface area contributed by atoms with Gasteiger partial charge in [0.1, 0.15) is 11.5 Å². The molecule has 0 saturated carbocycles. The van der Waals surface area contributed by atoms with Crippen LogP contribution < -0.4 is 9.64 Å². The van der Waals surface area contributed by atoms with Crippen LogP contribution in [0.15, 0.2) is 72.3 Å². The van der Waals surface area contributed by atoms with Crippen molar-refractivity contribution in [3.05, 3.63) is 99.0 Å². The van der Waals surface area contributed by atoms with E-state index in [1.54, 1.807) is 48.5 Å². The molecule has 1 saturated heterocycles. The largest absolute Gasteiger partial charge is 0.507 e. The molecular weight excluding hydrogens is 473 g/mol. The molecule has 1 aliphatic heterocycles. The minimum Gasteiger partial charge on any atom is -0.507 e. The Morgan fingerprint density at radius 1 is 0.971 bits per heavy atom. The van der Waals surface area contributed by atoms with Crippen LogP contribution in [0.3, 0.4) is 0 Å². The third kappa shape index (κ3) is 4.54. The van der Waals surface area contributed by atoms with Gasteiger partial charge in [0.2, 0.25) is 0 Å². The topological polar surface area (TPSA) is 66.8 Å².